The molecule has 156 valence electrons. The summed E-state index contributed by atoms with van der Waals surface area (Å²) in [5, 5.41) is 16.5. The Bertz CT molecular complexity index is 953. The van der Waals surface area contributed by atoms with E-state index in [1.54, 1.807) is 0 Å². The molecule has 0 spiro atoms. The van der Waals surface area contributed by atoms with Gasteiger partial charge in [-0.15, -0.1) is 10.2 Å². The van der Waals surface area contributed by atoms with Crippen molar-refractivity contribution in [3.63, 3.8) is 0 Å². The summed E-state index contributed by atoms with van der Waals surface area (Å²) in [4.78, 5) is 6.98. The number of pyridine rings is 1. The Labute approximate surface area is 172 Å². The van der Waals surface area contributed by atoms with Gasteiger partial charge in [0.25, 0.3) is 0 Å². The number of rotatable bonds is 8. The van der Waals surface area contributed by atoms with Crippen molar-refractivity contribution in [1.82, 2.24) is 34.6 Å². The van der Waals surface area contributed by atoms with Crippen molar-refractivity contribution in [1.29, 1.82) is 0 Å². The van der Waals surface area contributed by atoms with Crippen LogP contribution in [0.4, 0.5) is 0 Å². The summed E-state index contributed by atoms with van der Waals surface area (Å²) in [7, 11) is 4.05. The van der Waals surface area contributed by atoms with Gasteiger partial charge in [-0.2, -0.15) is 5.10 Å². The highest BCUT2D eigenvalue weighted by Gasteiger charge is 2.15. The van der Waals surface area contributed by atoms with Crippen molar-refractivity contribution in [2.75, 3.05) is 20.1 Å². The van der Waals surface area contributed by atoms with Gasteiger partial charge >= 0.3 is 0 Å². The fourth-order valence-corrected chi connectivity index (χ4v) is 3.45. The lowest BCUT2D eigenvalue weighted by atomic mass is 10.1. The second kappa shape index (κ2) is 9.54. The first-order valence-electron chi connectivity index (χ1n) is 10.3. The summed E-state index contributed by atoms with van der Waals surface area (Å²) in [5.41, 5.74) is 3.27. The van der Waals surface area contributed by atoms with E-state index in [-0.39, 0.29) is 0 Å². The number of aliphatic imine (C=N–C) groups is 1. The Hall–Kier alpha value is -2.90. The lowest BCUT2D eigenvalue weighted by molar-refractivity contribution is 0.473. The number of aryl methyl sites for hydroxylation is 2. The molecule has 0 fully saturated rings. The van der Waals surface area contributed by atoms with Crippen LogP contribution in [0.15, 0.2) is 35.6 Å². The van der Waals surface area contributed by atoms with Crippen molar-refractivity contribution in [2.24, 2.45) is 12.0 Å². The van der Waals surface area contributed by atoms with Crippen LogP contribution in [0.1, 0.15) is 50.2 Å². The summed E-state index contributed by atoms with van der Waals surface area (Å²) >= 11 is 0. The van der Waals surface area contributed by atoms with Crippen LogP contribution in [0.3, 0.4) is 0 Å². The van der Waals surface area contributed by atoms with Crippen molar-refractivity contribution >= 4 is 11.6 Å². The molecule has 0 saturated heterocycles. The number of nitrogens with zero attached hydrogens (tertiary/aromatic N) is 7. The molecule has 0 atom stereocenters. The molecular weight excluding hydrogens is 364 g/mol. The van der Waals surface area contributed by atoms with Crippen molar-refractivity contribution < 1.29 is 0 Å². The molecule has 0 radical (unpaired) electrons. The molecule has 0 aliphatic heterocycles. The molecule has 3 aromatic rings. The van der Waals surface area contributed by atoms with Gasteiger partial charge in [0, 0.05) is 58.1 Å². The first-order chi connectivity index (χ1) is 14.0. The summed E-state index contributed by atoms with van der Waals surface area (Å²) in [5.74, 6) is 2.29. The van der Waals surface area contributed by atoms with Crippen molar-refractivity contribution in [3.05, 3.63) is 47.7 Å². The topological polar surface area (TPSA) is 75.6 Å². The molecule has 0 aromatic carbocycles. The second-order valence-electron chi connectivity index (χ2n) is 7.61. The molecule has 8 heteroatoms. The predicted octanol–water partition coefficient (Wildman–Crippen LogP) is 2.62. The van der Waals surface area contributed by atoms with Crippen molar-refractivity contribution in [2.45, 2.75) is 46.1 Å². The van der Waals surface area contributed by atoms with Crippen LogP contribution in [0.25, 0.3) is 5.65 Å². The van der Waals surface area contributed by atoms with E-state index >= 15 is 0 Å². The average Bonchev–Trinajstić information content (AvgIpc) is 3.27. The Morgan fingerprint density at radius 3 is 2.86 bits per heavy atom. The zero-order chi connectivity index (χ0) is 20.8. The van der Waals surface area contributed by atoms with Crippen LogP contribution >= 0.6 is 0 Å². The van der Waals surface area contributed by atoms with Crippen LogP contribution in [0.2, 0.25) is 0 Å². The minimum atomic E-state index is 0.400. The Morgan fingerprint density at radius 1 is 1.28 bits per heavy atom. The number of hydrogen-bond acceptors (Lipinski definition) is 4. The molecule has 3 heterocycles. The molecule has 29 heavy (non-hydrogen) atoms. The molecule has 0 bridgehead atoms. The first kappa shape index (κ1) is 20.8. The van der Waals surface area contributed by atoms with Gasteiger partial charge in [-0.05, 0) is 31.4 Å². The van der Waals surface area contributed by atoms with E-state index in [9.17, 15) is 0 Å². The van der Waals surface area contributed by atoms with E-state index < -0.39 is 0 Å². The van der Waals surface area contributed by atoms with Gasteiger partial charge in [-0.25, -0.2) is 0 Å². The van der Waals surface area contributed by atoms with E-state index in [0.717, 1.165) is 55.6 Å². The number of fused-ring (bicyclic) bond motifs is 1. The van der Waals surface area contributed by atoms with Gasteiger partial charge in [0.1, 0.15) is 5.82 Å². The van der Waals surface area contributed by atoms with Crippen LogP contribution in [-0.2, 0) is 20.0 Å². The molecule has 3 aromatic heterocycles. The Morgan fingerprint density at radius 2 is 2.10 bits per heavy atom. The van der Waals surface area contributed by atoms with Gasteiger partial charge in [0.05, 0.1) is 5.69 Å². The molecule has 8 nitrogen and oxygen atoms in total. The largest absolute Gasteiger partial charge is 0.357 e. The Kier molecular flexibility index (Phi) is 6.85. The zero-order valence-electron chi connectivity index (χ0n) is 18.1. The monoisotopic (exact) mass is 396 g/mol. The standard InChI is InChI=1S/C21H32N8/c1-6-22-21(27(4)14-17-15-28(5)26-20(17)16(2)3)23-12-9-11-19-25-24-18-10-7-8-13-29(18)19/h7-8,10,13,15-16H,6,9,11-12,14H2,1-5H3,(H,22,23). The third-order valence-electron chi connectivity index (χ3n) is 4.79. The smallest absolute Gasteiger partial charge is 0.193 e. The van der Waals surface area contributed by atoms with Gasteiger partial charge in [0.2, 0.25) is 0 Å². The molecule has 0 amide bonds. The molecule has 1 N–H and O–H groups in total. The third-order valence-corrected chi connectivity index (χ3v) is 4.79. The van der Waals surface area contributed by atoms with Crippen LogP contribution in [-0.4, -0.2) is 55.4 Å². The van der Waals surface area contributed by atoms with Gasteiger partial charge < -0.3 is 10.2 Å². The molecule has 0 aliphatic carbocycles. The summed E-state index contributed by atoms with van der Waals surface area (Å²) in [6.45, 7) is 8.80. The predicted molar refractivity (Wildman–Crippen MR) is 116 cm³/mol. The quantitative estimate of drug-likeness (QED) is 0.360. The highest BCUT2D eigenvalue weighted by molar-refractivity contribution is 5.79. The fraction of sp³-hybridized carbons (Fsp3) is 0.524. The van der Waals surface area contributed by atoms with Gasteiger partial charge in [-0.1, -0.05) is 19.9 Å². The van der Waals surface area contributed by atoms with Gasteiger partial charge in [-0.3, -0.25) is 14.1 Å². The summed E-state index contributed by atoms with van der Waals surface area (Å²) < 4.78 is 3.93. The second-order valence-corrected chi connectivity index (χ2v) is 7.61. The van der Waals surface area contributed by atoms with E-state index in [1.807, 2.05) is 40.5 Å². The Balaban J connectivity index is 1.61. The van der Waals surface area contributed by atoms with E-state index in [0.29, 0.717) is 5.92 Å². The average molecular weight is 397 g/mol. The number of guanidine groups is 1. The highest BCUT2D eigenvalue weighted by atomic mass is 15.3. The molecule has 0 saturated carbocycles. The van der Waals surface area contributed by atoms with Crippen LogP contribution in [0.5, 0.6) is 0 Å². The third kappa shape index (κ3) is 5.13. The maximum atomic E-state index is 4.82. The molecular formula is C21H32N8. The minimum Gasteiger partial charge on any atom is -0.357 e. The van der Waals surface area contributed by atoms with Crippen LogP contribution < -0.4 is 5.32 Å². The number of nitrogens with one attached hydrogen (secondary N) is 1. The normalized spacial score (nSPS) is 12.1. The maximum absolute atomic E-state index is 4.82. The highest BCUT2D eigenvalue weighted by Crippen LogP contribution is 2.18. The molecule has 3 rings (SSSR count). The lowest BCUT2D eigenvalue weighted by Crippen LogP contribution is -2.38. The minimum absolute atomic E-state index is 0.400. The SMILES string of the molecule is CCNC(=NCCCc1nnc2ccccn12)N(C)Cc1cn(C)nc1C(C)C. The zero-order valence-corrected chi connectivity index (χ0v) is 18.1. The van der Waals surface area contributed by atoms with Crippen LogP contribution in [0, 0.1) is 0 Å². The first-order valence-corrected chi connectivity index (χ1v) is 10.3. The number of hydrogen-bond donors (Lipinski definition) is 1. The van der Waals surface area contributed by atoms with E-state index in [1.165, 1.54) is 5.56 Å². The molecule has 0 unspecified atom stereocenters. The van der Waals surface area contributed by atoms with E-state index in [4.69, 9.17) is 4.99 Å². The fourth-order valence-electron chi connectivity index (χ4n) is 3.45. The van der Waals surface area contributed by atoms with Crippen molar-refractivity contribution in [3.8, 4) is 0 Å². The lowest BCUT2D eigenvalue weighted by Gasteiger charge is -2.22. The van der Waals surface area contributed by atoms with E-state index in [2.05, 4.69) is 59.5 Å². The maximum Gasteiger partial charge on any atom is 0.193 e. The summed E-state index contributed by atoms with van der Waals surface area (Å²) in [6, 6.07) is 5.94. The number of aromatic nitrogens is 5. The summed E-state index contributed by atoms with van der Waals surface area (Å²) in [6.07, 6.45) is 5.87. The molecule has 0 aliphatic rings. The van der Waals surface area contributed by atoms with Gasteiger partial charge in [0.15, 0.2) is 11.6 Å².